The van der Waals surface area contributed by atoms with Gasteiger partial charge in [-0.1, -0.05) is 28.9 Å². The van der Waals surface area contributed by atoms with Gasteiger partial charge in [-0.25, -0.2) is 0 Å². The average molecular weight is 401 g/mol. The van der Waals surface area contributed by atoms with Gasteiger partial charge in [0.25, 0.3) is 5.91 Å². The van der Waals surface area contributed by atoms with Crippen LogP contribution in [-0.2, 0) is 6.54 Å². The van der Waals surface area contributed by atoms with Crippen LogP contribution in [0.5, 0.6) is 11.5 Å². The van der Waals surface area contributed by atoms with E-state index in [-0.39, 0.29) is 6.54 Å². The van der Waals surface area contributed by atoms with Crippen LogP contribution in [0.1, 0.15) is 15.9 Å². The monoisotopic (exact) mass is 400 g/mol. The molecule has 5 nitrogen and oxygen atoms in total. The van der Waals surface area contributed by atoms with Crippen LogP contribution in [0.15, 0.2) is 35.3 Å². The van der Waals surface area contributed by atoms with E-state index in [0.717, 1.165) is 15.8 Å². The van der Waals surface area contributed by atoms with Gasteiger partial charge >= 0.3 is 0 Å². The minimum absolute atomic E-state index is 0.285. The number of benzene rings is 2. The van der Waals surface area contributed by atoms with Gasteiger partial charge in [0.15, 0.2) is 4.80 Å². The zero-order valence-corrected chi connectivity index (χ0v) is 16.6. The number of ether oxygens (including phenoxy) is 2. The number of terminal acetylenes is 1. The number of aromatic nitrogens is 1. The van der Waals surface area contributed by atoms with Crippen molar-refractivity contribution in [3.8, 4) is 23.8 Å². The molecular weight excluding hydrogens is 384 g/mol. The molecule has 0 fully saturated rings. The smallest absolute Gasteiger partial charge is 0.283 e. The Morgan fingerprint density at radius 2 is 2.07 bits per heavy atom. The number of carbonyl (C=O) groups is 1. The molecule has 1 heterocycles. The van der Waals surface area contributed by atoms with Gasteiger partial charge in [0.2, 0.25) is 0 Å². The van der Waals surface area contributed by atoms with E-state index in [9.17, 15) is 4.79 Å². The van der Waals surface area contributed by atoms with Crippen molar-refractivity contribution in [2.45, 2.75) is 13.5 Å². The molecule has 0 aliphatic carbocycles. The zero-order valence-electron chi connectivity index (χ0n) is 15.1. The largest absolute Gasteiger partial charge is 0.497 e. The molecule has 0 aliphatic rings. The van der Waals surface area contributed by atoms with Crippen molar-refractivity contribution < 1.29 is 14.3 Å². The number of methoxy groups -OCH3 is 2. The Morgan fingerprint density at radius 3 is 2.74 bits per heavy atom. The van der Waals surface area contributed by atoms with Crippen molar-refractivity contribution in [1.82, 2.24) is 4.57 Å². The number of nitrogens with zero attached hydrogens (tertiary/aromatic N) is 2. The normalized spacial score (nSPS) is 11.4. The molecule has 0 saturated heterocycles. The maximum atomic E-state index is 12.8. The molecule has 0 aliphatic heterocycles. The van der Waals surface area contributed by atoms with Crippen LogP contribution in [0.3, 0.4) is 0 Å². The third kappa shape index (κ3) is 3.57. The first-order chi connectivity index (χ1) is 13.0. The van der Waals surface area contributed by atoms with Crippen LogP contribution >= 0.6 is 22.9 Å². The number of hydrogen-bond acceptors (Lipinski definition) is 4. The molecule has 0 N–H and O–H groups in total. The van der Waals surface area contributed by atoms with Crippen molar-refractivity contribution in [3.05, 3.63) is 51.3 Å². The van der Waals surface area contributed by atoms with Gasteiger partial charge in [0, 0.05) is 11.1 Å². The highest BCUT2D eigenvalue weighted by Gasteiger charge is 2.15. The highest BCUT2D eigenvalue weighted by molar-refractivity contribution is 7.16. The summed E-state index contributed by atoms with van der Waals surface area (Å²) >= 11 is 7.64. The number of aryl methyl sites for hydroxylation is 1. The molecule has 0 unspecified atom stereocenters. The molecule has 0 atom stereocenters. The van der Waals surface area contributed by atoms with Gasteiger partial charge in [-0.05, 0) is 36.8 Å². The fourth-order valence-corrected chi connectivity index (χ4v) is 4.00. The maximum absolute atomic E-state index is 12.8. The van der Waals surface area contributed by atoms with Crippen molar-refractivity contribution in [3.63, 3.8) is 0 Å². The molecular formula is C20H17ClN2O3S. The Labute approximate surface area is 165 Å². The van der Waals surface area contributed by atoms with Crippen LogP contribution in [0.4, 0.5) is 0 Å². The lowest BCUT2D eigenvalue weighted by Crippen LogP contribution is -2.17. The Hall–Kier alpha value is -2.75. The van der Waals surface area contributed by atoms with Crippen LogP contribution in [0, 0.1) is 19.3 Å². The van der Waals surface area contributed by atoms with Gasteiger partial charge in [-0.2, -0.15) is 4.99 Å². The van der Waals surface area contributed by atoms with E-state index in [1.54, 1.807) is 25.3 Å². The summed E-state index contributed by atoms with van der Waals surface area (Å²) in [5.41, 5.74) is 2.13. The predicted molar refractivity (Wildman–Crippen MR) is 108 cm³/mol. The van der Waals surface area contributed by atoms with E-state index in [1.165, 1.54) is 18.4 Å². The molecule has 3 aromatic rings. The second-order valence-electron chi connectivity index (χ2n) is 5.68. The minimum Gasteiger partial charge on any atom is -0.497 e. The number of rotatable bonds is 4. The standard InChI is InChI=1S/C20H17ClN2O3S/c1-5-10-23-18-12(2)15(21)8-9-17(18)27-20(23)22-19(24)14-7-6-13(25-3)11-16(14)26-4/h1,6-9,11H,10H2,2-4H3. The van der Waals surface area contributed by atoms with Crippen molar-refractivity contribution in [2.24, 2.45) is 4.99 Å². The summed E-state index contributed by atoms with van der Waals surface area (Å²) in [5, 5.41) is 0.640. The zero-order chi connectivity index (χ0) is 19.6. The molecule has 3 rings (SSSR count). The summed E-state index contributed by atoms with van der Waals surface area (Å²) in [5.74, 6) is 3.18. The lowest BCUT2D eigenvalue weighted by molar-refractivity contribution is 0.0995. The van der Waals surface area contributed by atoms with E-state index in [2.05, 4.69) is 10.9 Å². The summed E-state index contributed by atoms with van der Waals surface area (Å²) in [6.07, 6.45) is 5.53. The topological polar surface area (TPSA) is 52.8 Å². The molecule has 27 heavy (non-hydrogen) atoms. The van der Waals surface area contributed by atoms with Crippen molar-refractivity contribution in [1.29, 1.82) is 0 Å². The van der Waals surface area contributed by atoms with E-state index < -0.39 is 5.91 Å². The van der Waals surface area contributed by atoms with E-state index in [0.29, 0.717) is 26.9 Å². The first-order valence-corrected chi connectivity index (χ1v) is 9.22. The van der Waals surface area contributed by atoms with E-state index >= 15 is 0 Å². The number of thiazole rings is 1. The summed E-state index contributed by atoms with van der Waals surface area (Å²) in [6.45, 7) is 2.20. The number of carbonyl (C=O) groups excluding carboxylic acids is 1. The second kappa shape index (κ2) is 7.87. The molecule has 1 amide bonds. The highest BCUT2D eigenvalue weighted by atomic mass is 35.5. The van der Waals surface area contributed by atoms with Crippen molar-refractivity contribution in [2.75, 3.05) is 14.2 Å². The molecule has 2 aromatic carbocycles. The van der Waals surface area contributed by atoms with Crippen LogP contribution in [0.2, 0.25) is 5.02 Å². The lowest BCUT2D eigenvalue weighted by atomic mass is 10.2. The van der Waals surface area contributed by atoms with Gasteiger partial charge in [0.1, 0.15) is 11.5 Å². The Balaban J connectivity index is 2.19. The van der Waals surface area contributed by atoms with Crippen molar-refractivity contribution >= 4 is 39.1 Å². The molecule has 0 spiro atoms. The minimum atomic E-state index is -0.421. The average Bonchev–Trinajstić information content (AvgIpc) is 3.02. The molecule has 7 heteroatoms. The molecule has 138 valence electrons. The predicted octanol–water partition coefficient (Wildman–Crippen LogP) is 4.06. The summed E-state index contributed by atoms with van der Waals surface area (Å²) in [6, 6.07) is 8.70. The highest BCUT2D eigenvalue weighted by Crippen LogP contribution is 2.28. The van der Waals surface area contributed by atoms with Gasteiger partial charge < -0.3 is 14.0 Å². The van der Waals surface area contributed by atoms with Crippen LogP contribution < -0.4 is 14.3 Å². The van der Waals surface area contributed by atoms with Gasteiger partial charge in [0.05, 0.1) is 36.5 Å². The molecule has 0 bridgehead atoms. The number of hydrogen-bond donors (Lipinski definition) is 0. The fraction of sp³-hybridized carbons (Fsp3) is 0.200. The van der Waals surface area contributed by atoms with Gasteiger partial charge in [-0.15, -0.1) is 6.42 Å². The van der Waals surface area contributed by atoms with E-state index in [1.807, 2.05) is 23.6 Å². The Morgan fingerprint density at radius 1 is 1.30 bits per heavy atom. The quantitative estimate of drug-likeness (QED) is 0.620. The lowest BCUT2D eigenvalue weighted by Gasteiger charge is -2.07. The third-order valence-electron chi connectivity index (χ3n) is 4.12. The number of amides is 1. The van der Waals surface area contributed by atoms with E-state index in [4.69, 9.17) is 27.5 Å². The summed E-state index contributed by atoms with van der Waals surface area (Å²) < 4.78 is 13.3. The number of halogens is 1. The van der Waals surface area contributed by atoms with Gasteiger partial charge in [-0.3, -0.25) is 4.79 Å². The third-order valence-corrected chi connectivity index (χ3v) is 5.57. The second-order valence-corrected chi connectivity index (χ2v) is 7.09. The molecule has 1 aromatic heterocycles. The first kappa shape index (κ1) is 19.0. The number of fused-ring (bicyclic) bond motifs is 1. The maximum Gasteiger partial charge on any atom is 0.283 e. The Bertz CT molecular complexity index is 1140. The Kier molecular flexibility index (Phi) is 5.54. The molecule has 0 saturated carbocycles. The van der Waals surface area contributed by atoms with Crippen LogP contribution in [-0.4, -0.2) is 24.7 Å². The summed E-state index contributed by atoms with van der Waals surface area (Å²) in [4.78, 5) is 17.6. The summed E-state index contributed by atoms with van der Waals surface area (Å²) in [7, 11) is 3.04. The first-order valence-electron chi connectivity index (χ1n) is 8.03. The van der Waals surface area contributed by atoms with Crippen LogP contribution in [0.25, 0.3) is 10.2 Å². The SMILES string of the molecule is C#CCn1c(=NC(=O)c2ccc(OC)cc2OC)sc2ccc(Cl)c(C)c21. The molecule has 0 radical (unpaired) electrons. The fourth-order valence-electron chi connectivity index (χ4n) is 2.76.